The molecular formula is C15H20N4O2. The molecular weight excluding hydrogens is 268 g/mol. The molecule has 0 radical (unpaired) electrons. The summed E-state index contributed by atoms with van der Waals surface area (Å²) < 4.78 is 11.2. The predicted octanol–water partition coefficient (Wildman–Crippen LogP) is 2.91. The number of hydrogen-bond acceptors (Lipinski definition) is 6. The Bertz CT molecular complexity index is 550. The van der Waals surface area contributed by atoms with Crippen molar-refractivity contribution in [1.29, 1.82) is 0 Å². The maximum atomic E-state index is 5.72. The lowest BCUT2D eigenvalue weighted by molar-refractivity contribution is 0.317. The zero-order valence-electron chi connectivity index (χ0n) is 12.3. The van der Waals surface area contributed by atoms with Crippen LogP contribution in [0.1, 0.15) is 26.1 Å². The molecule has 0 bridgehead atoms. The molecule has 1 aromatic heterocycles. The van der Waals surface area contributed by atoms with Gasteiger partial charge in [0, 0.05) is 12.5 Å². The summed E-state index contributed by atoms with van der Waals surface area (Å²) in [6.45, 7) is 4.75. The van der Waals surface area contributed by atoms with Crippen molar-refractivity contribution in [3.8, 4) is 17.4 Å². The van der Waals surface area contributed by atoms with Crippen molar-refractivity contribution in [2.75, 3.05) is 12.0 Å². The second-order valence-corrected chi connectivity index (χ2v) is 4.43. The van der Waals surface area contributed by atoms with E-state index in [-0.39, 0.29) is 0 Å². The average Bonchev–Trinajstić information content (AvgIpc) is 2.53. The molecule has 0 saturated heterocycles. The highest BCUT2D eigenvalue weighted by Crippen LogP contribution is 2.24. The van der Waals surface area contributed by atoms with Gasteiger partial charge >= 0.3 is 0 Å². The normalized spacial score (nSPS) is 10.2. The Labute approximate surface area is 124 Å². The van der Waals surface area contributed by atoms with Gasteiger partial charge in [0.15, 0.2) is 0 Å². The lowest BCUT2D eigenvalue weighted by atomic mass is 10.3. The summed E-state index contributed by atoms with van der Waals surface area (Å²) >= 11 is 0. The molecule has 0 aliphatic heterocycles. The van der Waals surface area contributed by atoms with Crippen molar-refractivity contribution in [3.63, 3.8) is 0 Å². The Hall–Kier alpha value is -2.34. The number of anilines is 1. The Balaban J connectivity index is 2.10. The number of aromatic nitrogens is 2. The van der Waals surface area contributed by atoms with E-state index < -0.39 is 0 Å². The third-order valence-electron chi connectivity index (χ3n) is 2.73. The van der Waals surface area contributed by atoms with Crippen molar-refractivity contribution in [1.82, 2.24) is 9.97 Å². The fourth-order valence-corrected chi connectivity index (χ4v) is 1.70. The van der Waals surface area contributed by atoms with Gasteiger partial charge in [-0.1, -0.05) is 13.8 Å². The molecule has 112 valence electrons. The fraction of sp³-hybridized carbons (Fsp3) is 0.333. The van der Waals surface area contributed by atoms with Crippen LogP contribution in [0.3, 0.4) is 0 Å². The summed E-state index contributed by atoms with van der Waals surface area (Å²) in [5.74, 6) is 8.55. The van der Waals surface area contributed by atoms with Crippen LogP contribution >= 0.6 is 0 Å². The summed E-state index contributed by atoms with van der Waals surface area (Å²) in [7, 11) is 0. The summed E-state index contributed by atoms with van der Waals surface area (Å²) in [6, 6.07) is 9.08. The predicted molar refractivity (Wildman–Crippen MR) is 81.5 cm³/mol. The summed E-state index contributed by atoms with van der Waals surface area (Å²) in [4.78, 5) is 8.52. The first kappa shape index (κ1) is 15.1. The minimum atomic E-state index is 0.456. The Morgan fingerprint density at radius 3 is 2.43 bits per heavy atom. The Kier molecular flexibility index (Phi) is 5.34. The molecule has 0 aliphatic rings. The van der Waals surface area contributed by atoms with Crippen LogP contribution in [-0.2, 0) is 6.42 Å². The van der Waals surface area contributed by atoms with Gasteiger partial charge in [0.25, 0.3) is 0 Å². The maximum absolute atomic E-state index is 5.72. The van der Waals surface area contributed by atoms with Gasteiger partial charge < -0.3 is 14.9 Å². The maximum Gasteiger partial charge on any atom is 0.224 e. The molecule has 0 spiro atoms. The van der Waals surface area contributed by atoms with E-state index in [1.165, 1.54) is 0 Å². The minimum Gasteiger partial charge on any atom is -0.494 e. The number of nitrogens with two attached hydrogens (primary N) is 1. The topological polar surface area (TPSA) is 82.3 Å². The number of hydrogen-bond donors (Lipinski definition) is 2. The van der Waals surface area contributed by atoms with Crippen molar-refractivity contribution in [3.05, 3.63) is 36.2 Å². The summed E-state index contributed by atoms with van der Waals surface area (Å²) in [5.41, 5.74) is 2.51. The standard InChI is InChI=1S/C15H20N4O2/c1-3-9-20-11-5-7-12(8-6-11)21-15-10-14(19-16)17-13(4-2)18-15/h5-8,10H,3-4,9,16H2,1-2H3,(H,17,18,19). The van der Waals surface area contributed by atoms with Crippen LogP contribution < -0.4 is 20.7 Å². The van der Waals surface area contributed by atoms with Crippen molar-refractivity contribution in [2.45, 2.75) is 26.7 Å². The lowest BCUT2D eigenvalue weighted by Crippen LogP contribution is -2.10. The molecule has 6 heteroatoms. The molecule has 0 amide bonds. The molecule has 2 rings (SSSR count). The van der Waals surface area contributed by atoms with Gasteiger partial charge in [0.05, 0.1) is 6.61 Å². The second kappa shape index (κ2) is 7.44. The van der Waals surface area contributed by atoms with E-state index >= 15 is 0 Å². The average molecular weight is 288 g/mol. The zero-order chi connectivity index (χ0) is 15.1. The van der Waals surface area contributed by atoms with E-state index in [0.29, 0.717) is 36.3 Å². The van der Waals surface area contributed by atoms with Gasteiger partial charge in [0.1, 0.15) is 23.1 Å². The largest absolute Gasteiger partial charge is 0.494 e. The quantitative estimate of drug-likeness (QED) is 0.602. The molecule has 0 aliphatic carbocycles. The smallest absolute Gasteiger partial charge is 0.224 e. The molecule has 0 fully saturated rings. The molecule has 0 atom stereocenters. The van der Waals surface area contributed by atoms with Crippen LogP contribution in [0, 0.1) is 0 Å². The van der Waals surface area contributed by atoms with E-state index in [1.807, 2.05) is 31.2 Å². The number of aryl methyl sites for hydroxylation is 1. The van der Waals surface area contributed by atoms with Gasteiger partial charge in [-0.05, 0) is 30.7 Å². The molecule has 6 nitrogen and oxygen atoms in total. The molecule has 3 N–H and O–H groups in total. The monoisotopic (exact) mass is 288 g/mol. The van der Waals surface area contributed by atoms with Gasteiger partial charge in [0.2, 0.25) is 5.88 Å². The van der Waals surface area contributed by atoms with Crippen LogP contribution in [0.4, 0.5) is 5.82 Å². The first-order valence-electron chi connectivity index (χ1n) is 7.00. The van der Waals surface area contributed by atoms with Gasteiger partial charge in [-0.25, -0.2) is 10.8 Å². The van der Waals surface area contributed by atoms with Crippen molar-refractivity contribution < 1.29 is 9.47 Å². The highest BCUT2D eigenvalue weighted by Gasteiger charge is 2.05. The molecule has 21 heavy (non-hydrogen) atoms. The first-order chi connectivity index (χ1) is 10.2. The molecule has 0 saturated carbocycles. The van der Waals surface area contributed by atoms with Crippen LogP contribution in [0.15, 0.2) is 30.3 Å². The van der Waals surface area contributed by atoms with Gasteiger partial charge in [-0.15, -0.1) is 0 Å². The van der Waals surface area contributed by atoms with Crippen LogP contribution in [-0.4, -0.2) is 16.6 Å². The van der Waals surface area contributed by atoms with Crippen LogP contribution in [0.5, 0.6) is 17.4 Å². The van der Waals surface area contributed by atoms with Crippen LogP contribution in [0.25, 0.3) is 0 Å². The van der Waals surface area contributed by atoms with E-state index in [2.05, 4.69) is 22.3 Å². The van der Waals surface area contributed by atoms with Gasteiger partial charge in [-0.3, -0.25) is 0 Å². The van der Waals surface area contributed by atoms with Crippen LogP contribution in [0.2, 0.25) is 0 Å². The van der Waals surface area contributed by atoms with E-state index in [9.17, 15) is 0 Å². The number of nitrogens with one attached hydrogen (secondary N) is 1. The number of nitrogen functional groups attached to an aromatic ring is 1. The molecule has 1 aromatic carbocycles. The van der Waals surface area contributed by atoms with Crippen molar-refractivity contribution >= 4 is 5.82 Å². The number of nitrogens with zero attached hydrogens (tertiary/aromatic N) is 2. The highest BCUT2D eigenvalue weighted by atomic mass is 16.5. The number of rotatable bonds is 7. The molecule has 1 heterocycles. The minimum absolute atomic E-state index is 0.456. The zero-order valence-corrected chi connectivity index (χ0v) is 12.3. The van der Waals surface area contributed by atoms with E-state index in [4.69, 9.17) is 15.3 Å². The molecule has 2 aromatic rings. The number of ether oxygens (including phenoxy) is 2. The third kappa shape index (κ3) is 4.32. The van der Waals surface area contributed by atoms with Gasteiger partial charge in [-0.2, -0.15) is 4.98 Å². The van der Waals surface area contributed by atoms with E-state index in [1.54, 1.807) is 6.07 Å². The summed E-state index contributed by atoms with van der Waals surface area (Å²) in [6.07, 6.45) is 1.68. The second-order valence-electron chi connectivity index (χ2n) is 4.43. The first-order valence-corrected chi connectivity index (χ1v) is 7.00. The highest BCUT2D eigenvalue weighted by molar-refractivity contribution is 5.39. The van der Waals surface area contributed by atoms with E-state index in [0.717, 1.165) is 12.2 Å². The third-order valence-corrected chi connectivity index (χ3v) is 2.73. The fourth-order valence-electron chi connectivity index (χ4n) is 1.70. The Morgan fingerprint density at radius 1 is 1.10 bits per heavy atom. The van der Waals surface area contributed by atoms with Crippen molar-refractivity contribution in [2.24, 2.45) is 5.84 Å². The number of benzene rings is 1. The summed E-state index contributed by atoms with van der Waals surface area (Å²) in [5, 5.41) is 0. The SMILES string of the molecule is CCCOc1ccc(Oc2cc(NN)nc(CC)n2)cc1. The number of hydrazine groups is 1. The molecule has 0 unspecified atom stereocenters. The lowest BCUT2D eigenvalue weighted by Gasteiger charge is -2.09. The Morgan fingerprint density at radius 2 is 1.81 bits per heavy atom.